The number of likely N-dealkylation sites (N-methyl/N-ethyl adjacent to an activating group) is 1. The van der Waals surface area contributed by atoms with Crippen LogP contribution in [0, 0.1) is 0 Å². The highest BCUT2D eigenvalue weighted by atomic mass is 16.5. The second-order valence-corrected chi connectivity index (χ2v) is 2.48. The van der Waals surface area contributed by atoms with Crippen LogP contribution in [0.4, 0.5) is 0 Å². The molecule has 1 amide bonds. The van der Waals surface area contributed by atoms with Crippen LogP contribution < -0.4 is 5.32 Å². The molecule has 0 spiro atoms. The lowest BCUT2D eigenvalue weighted by atomic mass is 10.5. The molecule has 12 heavy (non-hydrogen) atoms. The van der Waals surface area contributed by atoms with E-state index >= 15 is 0 Å². The summed E-state index contributed by atoms with van der Waals surface area (Å²) < 4.78 is 4.86. The van der Waals surface area contributed by atoms with E-state index < -0.39 is 0 Å². The Morgan fingerprint density at radius 3 is 2.75 bits per heavy atom. The molecular formula is C8H18N2O2. The van der Waals surface area contributed by atoms with Gasteiger partial charge in [0.2, 0.25) is 6.41 Å². The summed E-state index contributed by atoms with van der Waals surface area (Å²) in [6.07, 6.45) is 0.873. The van der Waals surface area contributed by atoms with E-state index in [1.165, 1.54) is 0 Å². The topological polar surface area (TPSA) is 41.6 Å². The number of nitrogens with one attached hydrogen (secondary N) is 1. The van der Waals surface area contributed by atoms with Crippen LogP contribution in [0.5, 0.6) is 0 Å². The molecule has 0 aromatic carbocycles. The molecule has 72 valence electrons. The summed E-state index contributed by atoms with van der Waals surface area (Å²) in [7, 11) is 1.67. The molecule has 0 aliphatic rings. The lowest BCUT2D eigenvalue weighted by Gasteiger charge is -2.14. The Kier molecular flexibility index (Phi) is 8.05. The Labute approximate surface area is 73.9 Å². The molecular weight excluding hydrogens is 156 g/mol. The maximum atomic E-state index is 10.3. The van der Waals surface area contributed by atoms with Gasteiger partial charge in [-0.2, -0.15) is 0 Å². The van der Waals surface area contributed by atoms with Crippen LogP contribution in [0.15, 0.2) is 0 Å². The molecule has 0 aliphatic carbocycles. The van der Waals surface area contributed by atoms with Crippen LogP contribution in [0.1, 0.15) is 6.92 Å². The minimum Gasteiger partial charge on any atom is -0.383 e. The summed E-state index contributed by atoms with van der Waals surface area (Å²) in [4.78, 5) is 12.1. The highest BCUT2D eigenvalue weighted by Gasteiger charge is 1.95. The first-order chi connectivity index (χ1) is 5.85. The summed E-state index contributed by atoms with van der Waals surface area (Å²) in [6, 6.07) is 0. The Morgan fingerprint density at radius 1 is 1.50 bits per heavy atom. The third-order valence-corrected chi connectivity index (χ3v) is 1.61. The van der Waals surface area contributed by atoms with Gasteiger partial charge >= 0.3 is 0 Å². The van der Waals surface area contributed by atoms with Crippen LogP contribution in [-0.4, -0.2) is 51.2 Å². The number of ether oxygens (including phenoxy) is 1. The highest BCUT2D eigenvalue weighted by molar-refractivity contribution is 5.46. The van der Waals surface area contributed by atoms with Gasteiger partial charge in [0.1, 0.15) is 0 Å². The molecule has 0 unspecified atom stereocenters. The van der Waals surface area contributed by atoms with Gasteiger partial charge in [-0.15, -0.1) is 0 Å². The molecule has 4 nitrogen and oxygen atoms in total. The molecule has 0 saturated carbocycles. The second kappa shape index (κ2) is 8.49. The predicted octanol–water partition coefficient (Wildman–Crippen LogP) is -0.299. The standard InChI is InChI=1S/C8H18N2O2/c1-3-10(8-11)6-4-9-5-7-12-2/h8-9H,3-7H2,1-2H3. The first-order valence-corrected chi connectivity index (χ1v) is 4.24. The van der Waals surface area contributed by atoms with Crippen molar-refractivity contribution in [2.24, 2.45) is 0 Å². The number of carbonyl (C=O) groups excluding carboxylic acids is 1. The van der Waals surface area contributed by atoms with Gasteiger partial charge in [-0.25, -0.2) is 0 Å². The molecule has 0 atom stereocenters. The normalized spacial score (nSPS) is 9.83. The van der Waals surface area contributed by atoms with Gasteiger partial charge in [-0.3, -0.25) is 4.79 Å². The number of hydrogen-bond donors (Lipinski definition) is 1. The largest absolute Gasteiger partial charge is 0.383 e. The fourth-order valence-electron chi connectivity index (χ4n) is 0.807. The monoisotopic (exact) mass is 174 g/mol. The maximum absolute atomic E-state index is 10.3. The molecule has 0 bridgehead atoms. The first kappa shape index (κ1) is 11.4. The average molecular weight is 174 g/mol. The Hall–Kier alpha value is -0.610. The fourth-order valence-corrected chi connectivity index (χ4v) is 0.807. The van der Waals surface area contributed by atoms with Gasteiger partial charge in [0.25, 0.3) is 0 Å². The zero-order chi connectivity index (χ0) is 9.23. The van der Waals surface area contributed by atoms with Crippen molar-refractivity contribution in [2.45, 2.75) is 6.92 Å². The molecule has 0 saturated heterocycles. The summed E-state index contributed by atoms with van der Waals surface area (Å²) in [5, 5.41) is 3.16. The second-order valence-electron chi connectivity index (χ2n) is 2.48. The van der Waals surface area contributed by atoms with Crippen molar-refractivity contribution >= 4 is 6.41 Å². The van der Waals surface area contributed by atoms with Crippen molar-refractivity contribution < 1.29 is 9.53 Å². The van der Waals surface area contributed by atoms with E-state index in [2.05, 4.69) is 5.32 Å². The van der Waals surface area contributed by atoms with E-state index in [9.17, 15) is 4.79 Å². The van der Waals surface area contributed by atoms with Crippen LogP contribution in [0.25, 0.3) is 0 Å². The van der Waals surface area contributed by atoms with E-state index in [1.54, 1.807) is 12.0 Å². The van der Waals surface area contributed by atoms with Crippen molar-refractivity contribution in [1.82, 2.24) is 10.2 Å². The molecule has 1 N–H and O–H groups in total. The molecule has 0 aromatic heterocycles. The molecule has 4 heteroatoms. The van der Waals surface area contributed by atoms with Gasteiger partial charge in [0.15, 0.2) is 0 Å². The molecule has 0 fully saturated rings. The number of hydrogen-bond acceptors (Lipinski definition) is 3. The van der Waals surface area contributed by atoms with Gasteiger partial charge in [-0.1, -0.05) is 0 Å². The Bertz CT molecular complexity index is 109. The lowest BCUT2D eigenvalue weighted by molar-refractivity contribution is -0.117. The molecule has 0 rings (SSSR count). The van der Waals surface area contributed by atoms with Crippen molar-refractivity contribution in [1.29, 1.82) is 0 Å². The van der Waals surface area contributed by atoms with Gasteiger partial charge in [-0.05, 0) is 6.92 Å². The van der Waals surface area contributed by atoms with Gasteiger partial charge in [0.05, 0.1) is 6.61 Å². The Morgan fingerprint density at radius 2 is 2.25 bits per heavy atom. The zero-order valence-electron chi connectivity index (χ0n) is 7.88. The summed E-state index contributed by atoms with van der Waals surface area (Å²) in [5.41, 5.74) is 0. The molecule has 0 radical (unpaired) electrons. The smallest absolute Gasteiger partial charge is 0.209 e. The van der Waals surface area contributed by atoms with Gasteiger partial charge < -0.3 is 15.0 Å². The van der Waals surface area contributed by atoms with Crippen molar-refractivity contribution in [3.05, 3.63) is 0 Å². The number of methoxy groups -OCH3 is 1. The summed E-state index contributed by atoms with van der Waals surface area (Å²) >= 11 is 0. The van der Waals surface area contributed by atoms with Crippen molar-refractivity contribution in [3.63, 3.8) is 0 Å². The van der Waals surface area contributed by atoms with Crippen LogP contribution >= 0.6 is 0 Å². The minimum absolute atomic E-state index is 0.715. The van der Waals surface area contributed by atoms with Crippen LogP contribution in [0.3, 0.4) is 0 Å². The summed E-state index contributed by atoms with van der Waals surface area (Å²) in [6.45, 7) is 5.89. The number of amides is 1. The van der Waals surface area contributed by atoms with E-state index in [4.69, 9.17) is 4.74 Å². The van der Waals surface area contributed by atoms with Crippen molar-refractivity contribution in [3.8, 4) is 0 Å². The summed E-state index contributed by atoms with van der Waals surface area (Å²) in [5.74, 6) is 0. The Balaban J connectivity index is 3.12. The minimum atomic E-state index is 0.715. The molecule has 0 heterocycles. The molecule has 0 aliphatic heterocycles. The third kappa shape index (κ3) is 6.12. The first-order valence-electron chi connectivity index (χ1n) is 4.24. The number of carbonyl (C=O) groups is 1. The van der Waals surface area contributed by atoms with Gasteiger partial charge in [0, 0.05) is 33.3 Å². The number of nitrogens with zero attached hydrogens (tertiary/aromatic N) is 1. The third-order valence-electron chi connectivity index (χ3n) is 1.61. The highest BCUT2D eigenvalue weighted by Crippen LogP contribution is 1.78. The quantitative estimate of drug-likeness (QED) is 0.406. The van der Waals surface area contributed by atoms with E-state index in [0.29, 0.717) is 6.61 Å². The van der Waals surface area contributed by atoms with Crippen LogP contribution in [0.2, 0.25) is 0 Å². The molecule has 0 aromatic rings. The van der Waals surface area contributed by atoms with Crippen LogP contribution in [-0.2, 0) is 9.53 Å². The van der Waals surface area contributed by atoms with E-state index in [0.717, 1.165) is 32.6 Å². The maximum Gasteiger partial charge on any atom is 0.209 e. The zero-order valence-corrected chi connectivity index (χ0v) is 7.88. The SMILES string of the molecule is CCN(C=O)CCNCCOC. The predicted molar refractivity (Wildman–Crippen MR) is 48.1 cm³/mol. The lowest BCUT2D eigenvalue weighted by Crippen LogP contribution is -2.32. The average Bonchev–Trinajstić information content (AvgIpc) is 2.11. The fraction of sp³-hybridized carbons (Fsp3) is 0.875. The van der Waals surface area contributed by atoms with E-state index in [1.807, 2.05) is 6.92 Å². The van der Waals surface area contributed by atoms with Crippen molar-refractivity contribution in [2.75, 3.05) is 39.9 Å². The number of rotatable bonds is 8. The van der Waals surface area contributed by atoms with E-state index in [-0.39, 0.29) is 0 Å².